The molecule has 1 aliphatic heterocycles. The number of fused-ring (bicyclic) bond motifs is 3. The van der Waals surface area contributed by atoms with Gasteiger partial charge in [-0.15, -0.1) is 0 Å². The van der Waals surface area contributed by atoms with Gasteiger partial charge in [0.05, 0.1) is 17.8 Å². The Morgan fingerprint density at radius 3 is 2.58 bits per heavy atom. The van der Waals surface area contributed by atoms with Crippen LogP contribution >= 0.6 is 0 Å². The molecule has 1 atom stereocenters. The number of quaternary nitrogens is 1. The van der Waals surface area contributed by atoms with E-state index in [1.54, 1.807) is 12.1 Å². The van der Waals surface area contributed by atoms with Gasteiger partial charge in [-0.2, -0.15) is 13.2 Å². The average molecular weight is 331 g/mol. The fourth-order valence-electron chi connectivity index (χ4n) is 3.70. The Balaban J connectivity index is 1.60. The van der Waals surface area contributed by atoms with Crippen LogP contribution in [0.5, 0.6) is 0 Å². The summed E-state index contributed by atoms with van der Waals surface area (Å²) in [5, 5.41) is 1.24. The van der Waals surface area contributed by atoms with Crippen molar-refractivity contribution in [2.75, 3.05) is 6.54 Å². The number of halogens is 3. The van der Waals surface area contributed by atoms with Gasteiger partial charge in [-0.3, -0.25) is 0 Å². The number of alkyl halides is 3. The Kier molecular flexibility index (Phi) is 3.61. The summed E-state index contributed by atoms with van der Waals surface area (Å²) in [6, 6.07) is 14.1. The van der Waals surface area contributed by atoms with Crippen molar-refractivity contribution in [2.24, 2.45) is 0 Å². The van der Waals surface area contributed by atoms with Gasteiger partial charge in [0, 0.05) is 22.9 Å². The van der Waals surface area contributed by atoms with E-state index in [0.717, 1.165) is 35.6 Å². The highest BCUT2D eigenvalue weighted by Gasteiger charge is 2.34. The van der Waals surface area contributed by atoms with Crippen molar-refractivity contribution in [1.29, 1.82) is 0 Å². The van der Waals surface area contributed by atoms with Gasteiger partial charge in [-0.05, 0) is 17.7 Å². The zero-order valence-corrected chi connectivity index (χ0v) is 13.1. The van der Waals surface area contributed by atoms with Gasteiger partial charge in [0.25, 0.3) is 0 Å². The van der Waals surface area contributed by atoms with Crippen LogP contribution in [0.4, 0.5) is 13.2 Å². The second-order valence-corrected chi connectivity index (χ2v) is 6.39. The van der Waals surface area contributed by atoms with E-state index in [2.05, 4.69) is 11.1 Å². The minimum Gasteiger partial charge on any atom is -0.354 e. The lowest BCUT2D eigenvalue weighted by atomic mass is 10.0. The van der Waals surface area contributed by atoms with Crippen LogP contribution in [0.2, 0.25) is 0 Å². The van der Waals surface area contributed by atoms with Crippen molar-refractivity contribution < 1.29 is 18.1 Å². The molecule has 0 spiro atoms. The lowest BCUT2D eigenvalue weighted by Crippen LogP contribution is -3.10. The largest absolute Gasteiger partial charge is 0.416 e. The van der Waals surface area contributed by atoms with Crippen LogP contribution in [0, 0.1) is 0 Å². The third-order valence-electron chi connectivity index (χ3n) is 4.82. The van der Waals surface area contributed by atoms with Crippen molar-refractivity contribution in [3.8, 4) is 0 Å². The second-order valence-electron chi connectivity index (χ2n) is 6.39. The van der Waals surface area contributed by atoms with E-state index in [9.17, 15) is 13.2 Å². The van der Waals surface area contributed by atoms with Gasteiger partial charge in [0.2, 0.25) is 0 Å². The molecule has 1 aromatic heterocycles. The van der Waals surface area contributed by atoms with Crippen LogP contribution in [0.3, 0.4) is 0 Å². The smallest absolute Gasteiger partial charge is 0.354 e. The molecule has 4 rings (SSSR count). The highest BCUT2D eigenvalue weighted by atomic mass is 19.4. The van der Waals surface area contributed by atoms with Crippen LogP contribution in [-0.4, -0.2) is 11.5 Å². The summed E-state index contributed by atoms with van der Waals surface area (Å²) in [6.45, 7) is 1.97. The molecular formula is C19H18F3N2+. The zero-order chi connectivity index (χ0) is 16.7. The van der Waals surface area contributed by atoms with E-state index >= 15 is 0 Å². The molecule has 3 aromatic rings. The summed E-state index contributed by atoms with van der Waals surface area (Å²) in [5.74, 6) is 0. The Morgan fingerprint density at radius 2 is 1.75 bits per heavy atom. The number of benzene rings is 2. The molecule has 0 amide bonds. The number of aromatic nitrogens is 1. The molecule has 0 fully saturated rings. The molecule has 24 heavy (non-hydrogen) atoms. The summed E-state index contributed by atoms with van der Waals surface area (Å²) < 4.78 is 39.5. The summed E-state index contributed by atoms with van der Waals surface area (Å²) >= 11 is 0. The lowest BCUT2D eigenvalue weighted by Gasteiger charge is -2.25. The summed E-state index contributed by atoms with van der Waals surface area (Å²) in [5.41, 5.74) is 3.44. The monoisotopic (exact) mass is 331 g/mol. The second kappa shape index (κ2) is 5.67. The highest BCUT2D eigenvalue weighted by Crippen LogP contribution is 2.31. The SMILES string of the molecule is FC(F)(F)c1ccccc1C[NH+]1CCc2c([nH]c3ccccc23)C1. The molecule has 0 saturated carbocycles. The van der Waals surface area contributed by atoms with Crippen molar-refractivity contribution in [2.45, 2.75) is 25.7 Å². The van der Waals surface area contributed by atoms with Gasteiger partial charge in [-0.1, -0.05) is 36.4 Å². The molecule has 2 nitrogen and oxygen atoms in total. The Hall–Kier alpha value is -2.27. The van der Waals surface area contributed by atoms with Crippen LogP contribution in [0.25, 0.3) is 10.9 Å². The van der Waals surface area contributed by atoms with Gasteiger partial charge in [0.1, 0.15) is 13.1 Å². The first-order valence-electron chi connectivity index (χ1n) is 8.09. The number of hydrogen-bond donors (Lipinski definition) is 2. The molecule has 0 radical (unpaired) electrons. The molecule has 2 heterocycles. The number of nitrogens with one attached hydrogen (secondary N) is 2. The maximum absolute atomic E-state index is 13.2. The van der Waals surface area contributed by atoms with Gasteiger partial charge < -0.3 is 9.88 Å². The summed E-state index contributed by atoms with van der Waals surface area (Å²) in [7, 11) is 0. The van der Waals surface area contributed by atoms with Crippen molar-refractivity contribution >= 4 is 10.9 Å². The van der Waals surface area contributed by atoms with Gasteiger partial charge >= 0.3 is 6.18 Å². The van der Waals surface area contributed by atoms with Crippen LogP contribution < -0.4 is 4.90 Å². The molecule has 2 aromatic carbocycles. The van der Waals surface area contributed by atoms with Crippen molar-refractivity contribution in [3.63, 3.8) is 0 Å². The minimum absolute atomic E-state index is 0.375. The van der Waals surface area contributed by atoms with E-state index in [1.165, 1.54) is 23.1 Å². The predicted octanol–water partition coefficient (Wildman–Crippen LogP) is 3.33. The number of para-hydroxylation sites is 1. The zero-order valence-electron chi connectivity index (χ0n) is 13.1. The van der Waals surface area contributed by atoms with E-state index in [-0.39, 0.29) is 0 Å². The molecule has 1 unspecified atom stereocenters. The fourth-order valence-corrected chi connectivity index (χ4v) is 3.70. The topological polar surface area (TPSA) is 20.2 Å². The van der Waals surface area contributed by atoms with Gasteiger partial charge in [-0.25, -0.2) is 0 Å². The molecule has 0 saturated heterocycles. The maximum Gasteiger partial charge on any atom is 0.416 e. The number of H-pyrrole nitrogens is 1. The fraction of sp³-hybridized carbons (Fsp3) is 0.263. The van der Waals surface area contributed by atoms with Gasteiger partial charge in [0.15, 0.2) is 0 Å². The van der Waals surface area contributed by atoms with Crippen molar-refractivity contribution in [3.05, 3.63) is 70.9 Å². The first-order chi connectivity index (χ1) is 11.5. The molecule has 0 bridgehead atoms. The number of rotatable bonds is 2. The normalized spacial score (nSPS) is 17.9. The molecule has 1 aliphatic rings. The Labute approximate surface area is 137 Å². The van der Waals surface area contributed by atoms with E-state index in [1.807, 2.05) is 18.2 Å². The minimum atomic E-state index is -4.29. The quantitative estimate of drug-likeness (QED) is 0.718. The Morgan fingerprint density at radius 1 is 1.00 bits per heavy atom. The van der Waals surface area contributed by atoms with E-state index in [4.69, 9.17) is 0 Å². The Bertz CT molecular complexity index is 880. The number of aromatic amines is 1. The van der Waals surface area contributed by atoms with Crippen LogP contribution in [-0.2, 0) is 25.7 Å². The average Bonchev–Trinajstić information content (AvgIpc) is 2.92. The first kappa shape index (κ1) is 15.3. The van der Waals surface area contributed by atoms with Crippen LogP contribution in [0.1, 0.15) is 22.4 Å². The predicted molar refractivity (Wildman–Crippen MR) is 86.7 cm³/mol. The molecule has 0 aliphatic carbocycles. The highest BCUT2D eigenvalue weighted by molar-refractivity contribution is 5.84. The third kappa shape index (κ3) is 2.69. The lowest BCUT2D eigenvalue weighted by molar-refractivity contribution is -0.929. The number of hydrogen-bond acceptors (Lipinski definition) is 0. The van der Waals surface area contributed by atoms with Crippen molar-refractivity contribution in [1.82, 2.24) is 4.98 Å². The molecule has 5 heteroatoms. The molecule has 2 N–H and O–H groups in total. The summed E-state index contributed by atoms with van der Waals surface area (Å²) in [6.07, 6.45) is -3.40. The maximum atomic E-state index is 13.2. The van der Waals surface area contributed by atoms with Crippen LogP contribution in [0.15, 0.2) is 48.5 Å². The summed E-state index contributed by atoms with van der Waals surface area (Å²) in [4.78, 5) is 4.59. The first-order valence-corrected chi connectivity index (χ1v) is 8.09. The molecular weight excluding hydrogens is 313 g/mol. The standard InChI is InChI=1S/C19H17F3N2/c20-19(21,22)16-7-3-1-5-13(16)11-24-10-9-15-14-6-2-4-8-17(14)23-18(15)12-24/h1-8,23H,9-12H2/p+1. The molecule has 124 valence electrons. The third-order valence-corrected chi connectivity index (χ3v) is 4.82. The van der Waals surface area contributed by atoms with E-state index < -0.39 is 11.7 Å². The van der Waals surface area contributed by atoms with E-state index in [0.29, 0.717) is 12.1 Å².